The third-order valence-corrected chi connectivity index (χ3v) is 3.38. The number of benzene rings is 1. The van der Waals surface area contributed by atoms with Crippen LogP contribution >= 0.6 is 0 Å². The molecule has 0 spiro atoms. The van der Waals surface area contributed by atoms with Crippen molar-refractivity contribution in [3.8, 4) is 0 Å². The van der Waals surface area contributed by atoms with E-state index in [1.165, 1.54) is 18.5 Å². The maximum atomic E-state index is 12.9. The summed E-state index contributed by atoms with van der Waals surface area (Å²) in [6.45, 7) is 0.421. The van der Waals surface area contributed by atoms with Crippen LogP contribution in [0.4, 0.5) is 4.39 Å². The fourth-order valence-electron chi connectivity index (χ4n) is 2.25. The molecule has 0 atom stereocenters. The lowest BCUT2D eigenvalue weighted by atomic mass is 10.1. The van der Waals surface area contributed by atoms with Gasteiger partial charge in [-0.25, -0.2) is 4.39 Å². The SMILES string of the molecule is O=C(CC(=O)c1cccn1Cc1ccc(F)cc1)c1nnc[nH]1. The maximum Gasteiger partial charge on any atom is 0.207 e. The second-order valence-electron chi connectivity index (χ2n) is 5.01. The van der Waals surface area contributed by atoms with Crippen molar-refractivity contribution in [1.29, 1.82) is 0 Å². The minimum Gasteiger partial charge on any atom is -0.341 e. The van der Waals surface area contributed by atoms with Gasteiger partial charge in [-0.05, 0) is 29.8 Å². The fourth-order valence-corrected chi connectivity index (χ4v) is 2.25. The monoisotopic (exact) mass is 312 g/mol. The topological polar surface area (TPSA) is 80.6 Å². The van der Waals surface area contributed by atoms with E-state index < -0.39 is 5.78 Å². The van der Waals surface area contributed by atoms with Crippen molar-refractivity contribution in [2.24, 2.45) is 0 Å². The Bertz CT molecular complexity index is 822. The van der Waals surface area contributed by atoms with Crippen LogP contribution in [0, 0.1) is 5.82 Å². The Kier molecular flexibility index (Phi) is 4.09. The van der Waals surface area contributed by atoms with Gasteiger partial charge in [0.15, 0.2) is 11.6 Å². The summed E-state index contributed by atoms with van der Waals surface area (Å²) in [6, 6.07) is 9.43. The Morgan fingerprint density at radius 3 is 2.61 bits per heavy atom. The zero-order valence-electron chi connectivity index (χ0n) is 12.1. The largest absolute Gasteiger partial charge is 0.341 e. The molecule has 2 heterocycles. The van der Waals surface area contributed by atoms with Gasteiger partial charge in [-0.1, -0.05) is 12.1 Å². The van der Waals surface area contributed by atoms with Gasteiger partial charge in [0.2, 0.25) is 5.78 Å². The molecule has 0 saturated heterocycles. The van der Waals surface area contributed by atoms with Gasteiger partial charge >= 0.3 is 0 Å². The van der Waals surface area contributed by atoms with Gasteiger partial charge in [-0.15, -0.1) is 10.2 Å². The zero-order valence-corrected chi connectivity index (χ0v) is 12.1. The Hall–Kier alpha value is -3.09. The highest BCUT2D eigenvalue weighted by atomic mass is 19.1. The number of hydrogen-bond acceptors (Lipinski definition) is 4. The first kappa shape index (κ1) is 14.8. The Morgan fingerprint density at radius 2 is 1.91 bits per heavy atom. The first-order valence-corrected chi connectivity index (χ1v) is 6.95. The number of nitrogens with one attached hydrogen (secondary N) is 1. The van der Waals surface area contributed by atoms with E-state index in [9.17, 15) is 14.0 Å². The molecular formula is C16H13FN4O2. The summed E-state index contributed by atoms with van der Waals surface area (Å²) in [6.07, 6.45) is 2.74. The highest BCUT2D eigenvalue weighted by Gasteiger charge is 2.18. The number of carbonyl (C=O) groups excluding carboxylic acids is 2. The summed E-state index contributed by atoms with van der Waals surface area (Å²) < 4.78 is 14.7. The molecule has 0 radical (unpaired) electrons. The van der Waals surface area contributed by atoms with E-state index in [0.717, 1.165) is 5.56 Å². The summed E-state index contributed by atoms with van der Waals surface area (Å²) in [4.78, 5) is 26.8. The van der Waals surface area contributed by atoms with Crippen LogP contribution in [-0.4, -0.2) is 31.3 Å². The average molecular weight is 312 g/mol. The molecule has 0 aliphatic heterocycles. The number of rotatable bonds is 6. The van der Waals surface area contributed by atoms with Crippen LogP contribution in [-0.2, 0) is 6.54 Å². The molecule has 1 aromatic carbocycles. The van der Waals surface area contributed by atoms with Crippen molar-refractivity contribution in [2.45, 2.75) is 13.0 Å². The molecule has 3 rings (SSSR count). The van der Waals surface area contributed by atoms with Crippen molar-refractivity contribution in [3.05, 3.63) is 71.8 Å². The van der Waals surface area contributed by atoms with Crippen molar-refractivity contribution in [1.82, 2.24) is 19.7 Å². The molecule has 0 amide bonds. The quantitative estimate of drug-likeness (QED) is 0.559. The van der Waals surface area contributed by atoms with Crippen molar-refractivity contribution in [2.75, 3.05) is 0 Å². The molecule has 0 saturated carbocycles. The number of nitrogens with zero attached hydrogens (tertiary/aromatic N) is 3. The number of H-pyrrole nitrogens is 1. The summed E-state index contributed by atoms with van der Waals surface area (Å²) in [5, 5.41) is 7.12. The summed E-state index contributed by atoms with van der Waals surface area (Å²) in [7, 11) is 0. The zero-order chi connectivity index (χ0) is 16.2. The lowest BCUT2D eigenvalue weighted by molar-refractivity contribution is 0.0884. The molecule has 0 aliphatic rings. The van der Waals surface area contributed by atoms with Crippen LogP contribution < -0.4 is 0 Å². The molecule has 0 bridgehead atoms. The summed E-state index contributed by atoms with van der Waals surface area (Å²) in [5.74, 6) is -0.967. The number of carbonyl (C=O) groups is 2. The Labute approximate surface area is 131 Å². The van der Waals surface area contributed by atoms with E-state index in [2.05, 4.69) is 15.2 Å². The molecule has 0 fully saturated rings. The van der Waals surface area contributed by atoms with Gasteiger partial charge in [-0.3, -0.25) is 9.59 Å². The van der Waals surface area contributed by atoms with E-state index in [-0.39, 0.29) is 23.8 Å². The lowest BCUT2D eigenvalue weighted by Gasteiger charge is -2.08. The second-order valence-corrected chi connectivity index (χ2v) is 5.01. The Balaban J connectivity index is 1.73. The number of Topliss-reactive ketones (excluding diaryl/α,β-unsaturated/α-hetero) is 2. The van der Waals surface area contributed by atoms with E-state index >= 15 is 0 Å². The molecular weight excluding hydrogens is 299 g/mol. The number of hydrogen-bond donors (Lipinski definition) is 1. The third-order valence-electron chi connectivity index (χ3n) is 3.38. The highest BCUT2D eigenvalue weighted by Crippen LogP contribution is 2.12. The fraction of sp³-hybridized carbons (Fsp3) is 0.125. The van der Waals surface area contributed by atoms with Crippen molar-refractivity contribution in [3.63, 3.8) is 0 Å². The highest BCUT2D eigenvalue weighted by molar-refractivity contribution is 6.11. The summed E-state index contributed by atoms with van der Waals surface area (Å²) >= 11 is 0. The van der Waals surface area contributed by atoms with Crippen molar-refractivity contribution >= 4 is 11.6 Å². The number of halogens is 1. The molecule has 0 aliphatic carbocycles. The van der Waals surface area contributed by atoms with Crippen LogP contribution in [0.1, 0.15) is 33.1 Å². The Morgan fingerprint density at radius 1 is 1.13 bits per heavy atom. The molecule has 116 valence electrons. The predicted molar refractivity (Wildman–Crippen MR) is 79.6 cm³/mol. The van der Waals surface area contributed by atoms with Crippen LogP contribution in [0.3, 0.4) is 0 Å². The molecule has 0 unspecified atom stereocenters. The van der Waals surface area contributed by atoms with Gasteiger partial charge in [-0.2, -0.15) is 0 Å². The predicted octanol–water partition coefficient (Wildman–Crippen LogP) is 2.25. The normalized spacial score (nSPS) is 10.7. The molecule has 2 aromatic heterocycles. The number of aromatic amines is 1. The number of ketones is 2. The minimum atomic E-state index is -0.415. The van der Waals surface area contributed by atoms with E-state index in [1.807, 2.05) is 0 Å². The van der Waals surface area contributed by atoms with Gasteiger partial charge in [0.25, 0.3) is 0 Å². The van der Waals surface area contributed by atoms with Gasteiger partial charge in [0.05, 0.1) is 12.1 Å². The third kappa shape index (κ3) is 3.39. The minimum absolute atomic E-state index is 0.0648. The van der Waals surface area contributed by atoms with E-state index in [1.54, 1.807) is 35.0 Å². The van der Waals surface area contributed by atoms with Gasteiger partial charge in [0, 0.05) is 12.7 Å². The second kappa shape index (κ2) is 6.35. The molecule has 3 aromatic rings. The molecule has 23 heavy (non-hydrogen) atoms. The molecule has 1 N–H and O–H groups in total. The lowest BCUT2D eigenvalue weighted by Crippen LogP contribution is -2.14. The first-order valence-electron chi connectivity index (χ1n) is 6.95. The van der Waals surface area contributed by atoms with Crippen LogP contribution in [0.25, 0.3) is 0 Å². The maximum absolute atomic E-state index is 12.9. The van der Waals surface area contributed by atoms with E-state index in [4.69, 9.17) is 0 Å². The summed E-state index contributed by atoms with van der Waals surface area (Å²) in [5.41, 5.74) is 1.28. The smallest absolute Gasteiger partial charge is 0.207 e. The average Bonchev–Trinajstić information content (AvgIpc) is 3.20. The van der Waals surface area contributed by atoms with Crippen LogP contribution in [0.2, 0.25) is 0 Å². The molecule has 7 heteroatoms. The van der Waals surface area contributed by atoms with Gasteiger partial charge in [0.1, 0.15) is 12.1 Å². The van der Waals surface area contributed by atoms with Crippen LogP contribution in [0.15, 0.2) is 48.9 Å². The van der Waals surface area contributed by atoms with Gasteiger partial charge < -0.3 is 9.55 Å². The first-order chi connectivity index (χ1) is 11.1. The van der Waals surface area contributed by atoms with Crippen LogP contribution in [0.5, 0.6) is 0 Å². The number of aromatic nitrogens is 4. The standard InChI is InChI=1S/C16H13FN4O2/c17-12-5-3-11(4-6-12)9-21-7-1-2-13(21)14(22)8-15(23)16-18-10-19-20-16/h1-7,10H,8-9H2,(H,18,19,20). The molecule has 6 nitrogen and oxygen atoms in total. The van der Waals surface area contributed by atoms with E-state index in [0.29, 0.717) is 12.2 Å². The van der Waals surface area contributed by atoms with Crippen molar-refractivity contribution < 1.29 is 14.0 Å².